The van der Waals surface area contributed by atoms with Crippen molar-refractivity contribution >= 4 is 5.91 Å². The van der Waals surface area contributed by atoms with Crippen LogP contribution in [0.25, 0.3) is 0 Å². The van der Waals surface area contributed by atoms with Gasteiger partial charge in [0.05, 0.1) is 18.7 Å². The topological polar surface area (TPSA) is 55.6 Å². The highest BCUT2D eigenvalue weighted by Crippen LogP contribution is 2.40. The number of carbonyl (C=O) groups excluding carboxylic acids is 1. The van der Waals surface area contributed by atoms with Crippen LogP contribution in [0.3, 0.4) is 0 Å². The minimum Gasteiger partial charge on any atom is -0.497 e. The molecule has 1 heterocycles. The zero-order valence-corrected chi connectivity index (χ0v) is 11.3. The number of benzene rings is 1. The molecule has 1 aromatic rings. The first kappa shape index (κ1) is 12.5. The molecule has 1 aromatic carbocycles. The second-order valence-corrected chi connectivity index (χ2v) is 5.59. The Kier molecular flexibility index (Phi) is 2.97. The maximum atomic E-state index is 12.4. The van der Waals surface area contributed by atoms with E-state index in [0.29, 0.717) is 0 Å². The largest absolute Gasteiger partial charge is 0.497 e. The van der Waals surface area contributed by atoms with Gasteiger partial charge in [0.2, 0.25) is 5.91 Å². The zero-order chi connectivity index (χ0) is 13.5. The lowest BCUT2D eigenvalue weighted by Crippen LogP contribution is -2.45. The normalized spacial score (nSPS) is 24.3. The van der Waals surface area contributed by atoms with Gasteiger partial charge in [-0.3, -0.25) is 4.79 Å². The number of nitrogens with two attached hydrogens (primary N) is 1. The third-order valence-electron chi connectivity index (χ3n) is 4.21. The summed E-state index contributed by atoms with van der Waals surface area (Å²) in [6.45, 7) is 0.819. The van der Waals surface area contributed by atoms with Crippen LogP contribution in [0.2, 0.25) is 0 Å². The van der Waals surface area contributed by atoms with Crippen LogP contribution in [0.1, 0.15) is 37.3 Å². The van der Waals surface area contributed by atoms with Crippen LogP contribution in [0, 0.1) is 0 Å². The average molecular weight is 260 g/mol. The molecule has 0 aromatic heterocycles. The fraction of sp³-hybridized carbons (Fsp3) is 0.533. The molecule has 0 spiro atoms. The summed E-state index contributed by atoms with van der Waals surface area (Å²) < 4.78 is 5.26. The predicted octanol–water partition coefficient (Wildman–Crippen LogP) is 1.85. The summed E-state index contributed by atoms with van der Waals surface area (Å²) in [5.74, 6) is 0.962. The minimum absolute atomic E-state index is 0.123. The number of rotatable bonds is 3. The number of nitrogens with zero attached hydrogens (tertiary/aromatic N) is 1. The molecule has 4 heteroatoms. The minimum atomic E-state index is -0.568. The van der Waals surface area contributed by atoms with Crippen molar-refractivity contribution in [1.29, 1.82) is 0 Å². The fourth-order valence-corrected chi connectivity index (χ4v) is 2.84. The van der Waals surface area contributed by atoms with E-state index >= 15 is 0 Å². The van der Waals surface area contributed by atoms with Crippen molar-refractivity contribution in [2.75, 3.05) is 13.7 Å². The van der Waals surface area contributed by atoms with Crippen LogP contribution in [0.15, 0.2) is 24.3 Å². The third-order valence-corrected chi connectivity index (χ3v) is 4.21. The van der Waals surface area contributed by atoms with Gasteiger partial charge in [0.25, 0.3) is 0 Å². The number of likely N-dealkylation sites (tertiary alicyclic amines) is 1. The Bertz CT molecular complexity index is 497. The van der Waals surface area contributed by atoms with E-state index in [1.807, 2.05) is 23.1 Å². The summed E-state index contributed by atoms with van der Waals surface area (Å²) in [6, 6.07) is 8.14. The second kappa shape index (κ2) is 4.53. The molecule has 1 amide bonds. The Balaban J connectivity index is 1.84. The van der Waals surface area contributed by atoms with Gasteiger partial charge in [0.1, 0.15) is 5.75 Å². The summed E-state index contributed by atoms with van der Waals surface area (Å²) >= 11 is 0. The maximum absolute atomic E-state index is 12.4. The van der Waals surface area contributed by atoms with E-state index in [9.17, 15) is 4.79 Å². The van der Waals surface area contributed by atoms with Gasteiger partial charge in [-0.05, 0) is 43.4 Å². The van der Waals surface area contributed by atoms with E-state index in [4.69, 9.17) is 10.5 Å². The molecule has 2 fully saturated rings. The van der Waals surface area contributed by atoms with Gasteiger partial charge < -0.3 is 15.4 Å². The third kappa shape index (κ3) is 2.21. The molecule has 3 rings (SSSR count). The lowest BCUT2D eigenvalue weighted by atomic mass is 10.0. The van der Waals surface area contributed by atoms with Crippen molar-refractivity contribution in [3.05, 3.63) is 29.8 Å². The second-order valence-electron chi connectivity index (χ2n) is 5.59. The number of hydrogen-bond acceptors (Lipinski definition) is 3. The number of ether oxygens (including phenoxy) is 1. The SMILES string of the molecule is COc1cccc(C2CCCN2C(=O)C2(N)CC2)c1. The standard InChI is InChI=1S/C15H20N2O2/c1-19-12-5-2-4-11(10-12)13-6-3-9-17(13)14(18)15(16)7-8-15/h2,4-5,10,13H,3,6-9,16H2,1H3. The first-order valence-electron chi connectivity index (χ1n) is 6.88. The van der Waals surface area contributed by atoms with Crippen LogP contribution in [0.4, 0.5) is 0 Å². The summed E-state index contributed by atoms with van der Waals surface area (Å²) in [7, 11) is 1.66. The number of amides is 1. The summed E-state index contributed by atoms with van der Waals surface area (Å²) in [4.78, 5) is 14.4. The van der Waals surface area contributed by atoms with Crippen LogP contribution < -0.4 is 10.5 Å². The van der Waals surface area contributed by atoms with E-state index in [-0.39, 0.29) is 11.9 Å². The molecule has 2 N–H and O–H groups in total. The molecule has 2 aliphatic rings. The Morgan fingerprint density at radius 3 is 2.95 bits per heavy atom. The molecule has 19 heavy (non-hydrogen) atoms. The van der Waals surface area contributed by atoms with E-state index in [2.05, 4.69) is 6.07 Å². The molecule has 102 valence electrons. The van der Waals surface area contributed by atoms with Crippen molar-refractivity contribution in [2.45, 2.75) is 37.3 Å². The Labute approximate surface area is 113 Å². The van der Waals surface area contributed by atoms with Gasteiger partial charge in [-0.1, -0.05) is 12.1 Å². The molecule has 1 saturated heterocycles. The smallest absolute Gasteiger partial charge is 0.243 e. The Morgan fingerprint density at radius 1 is 1.47 bits per heavy atom. The quantitative estimate of drug-likeness (QED) is 0.902. The van der Waals surface area contributed by atoms with Gasteiger partial charge >= 0.3 is 0 Å². The van der Waals surface area contributed by atoms with E-state index in [0.717, 1.165) is 43.5 Å². The molecule has 0 radical (unpaired) electrons. The molecule has 1 unspecified atom stereocenters. The first-order chi connectivity index (χ1) is 9.14. The lowest BCUT2D eigenvalue weighted by molar-refractivity contribution is -0.134. The first-order valence-corrected chi connectivity index (χ1v) is 6.88. The van der Waals surface area contributed by atoms with Crippen molar-refractivity contribution in [2.24, 2.45) is 5.73 Å². The molecular formula is C15H20N2O2. The number of methoxy groups -OCH3 is 1. The fourth-order valence-electron chi connectivity index (χ4n) is 2.84. The van der Waals surface area contributed by atoms with Gasteiger partial charge in [-0.2, -0.15) is 0 Å². The summed E-state index contributed by atoms with van der Waals surface area (Å²) in [5, 5.41) is 0. The van der Waals surface area contributed by atoms with Gasteiger partial charge in [0.15, 0.2) is 0 Å². The summed E-state index contributed by atoms with van der Waals surface area (Å²) in [5.41, 5.74) is 6.63. The van der Waals surface area contributed by atoms with Crippen molar-refractivity contribution in [1.82, 2.24) is 4.90 Å². The Morgan fingerprint density at radius 2 is 2.26 bits per heavy atom. The number of hydrogen-bond donors (Lipinski definition) is 1. The maximum Gasteiger partial charge on any atom is 0.243 e. The van der Waals surface area contributed by atoms with Gasteiger partial charge in [-0.15, -0.1) is 0 Å². The highest BCUT2D eigenvalue weighted by atomic mass is 16.5. The molecule has 1 atom stereocenters. The zero-order valence-electron chi connectivity index (χ0n) is 11.3. The Hall–Kier alpha value is -1.55. The van der Waals surface area contributed by atoms with Crippen molar-refractivity contribution in [3.63, 3.8) is 0 Å². The number of carbonyl (C=O) groups is 1. The van der Waals surface area contributed by atoms with Crippen LogP contribution in [-0.2, 0) is 4.79 Å². The van der Waals surface area contributed by atoms with Crippen LogP contribution >= 0.6 is 0 Å². The average Bonchev–Trinajstić information content (AvgIpc) is 3.02. The van der Waals surface area contributed by atoms with E-state index < -0.39 is 5.54 Å². The van der Waals surface area contributed by atoms with Crippen molar-refractivity contribution < 1.29 is 9.53 Å². The van der Waals surface area contributed by atoms with Crippen molar-refractivity contribution in [3.8, 4) is 5.75 Å². The van der Waals surface area contributed by atoms with Gasteiger partial charge in [-0.25, -0.2) is 0 Å². The lowest BCUT2D eigenvalue weighted by Gasteiger charge is -2.28. The molecule has 4 nitrogen and oxygen atoms in total. The molecule has 1 saturated carbocycles. The highest BCUT2D eigenvalue weighted by Gasteiger charge is 2.50. The molecule has 1 aliphatic carbocycles. The highest BCUT2D eigenvalue weighted by molar-refractivity contribution is 5.89. The molecular weight excluding hydrogens is 240 g/mol. The molecule has 0 bridgehead atoms. The van der Waals surface area contributed by atoms with Crippen LogP contribution in [0.5, 0.6) is 5.75 Å². The van der Waals surface area contributed by atoms with Crippen LogP contribution in [-0.4, -0.2) is 30.0 Å². The van der Waals surface area contributed by atoms with Gasteiger partial charge in [0, 0.05) is 6.54 Å². The molecule has 1 aliphatic heterocycles. The van der Waals surface area contributed by atoms with E-state index in [1.165, 1.54) is 0 Å². The van der Waals surface area contributed by atoms with E-state index in [1.54, 1.807) is 7.11 Å². The predicted molar refractivity (Wildman–Crippen MR) is 72.8 cm³/mol. The summed E-state index contributed by atoms with van der Waals surface area (Å²) in [6.07, 6.45) is 3.71. The monoisotopic (exact) mass is 260 g/mol.